The van der Waals surface area contributed by atoms with Gasteiger partial charge in [-0.15, -0.1) is 0 Å². The van der Waals surface area contributed by atoms with Crippen molar-refractivity contribution < 1.29 is 14.6 Å². The topological polar surface area (TPSA) is 59.4 Å². The van der Waals surface area contributed by atoms with Crippen LogP contribution in [0.4, 0.5) is 0 Å². The summed E-state index contributed by atoms with van der Waals surface area (Å²) in [6, 6.07) is 7.86. The number of pyridine rings is 1. The molecule has 6 heteroatoms. The molecular weight excluding hydrogens is 277 g/mol. The van der Waals surface area contributed by atoms with E-state index in [1.165, 1.54) is 12.3 Å². The van der Waals surface area contributed by atoms with Crippen molar-refractivity contribution in [3.63, 3.8) is 0 Å². The maximum absolute atomic E-state index is 10.9. The molecule has 0 atom stereocenters. The summed E-state index contributed by atoms with van der Waals surface area (Å²) in [7, 11) is 0. The lowest BCUT2D eigenvalue weighted by Gasteiger charge is -2.07. The third-order valence-electron chi connectivity index (χ3n) is 2.12. The summed E-state index contributed by atoms with van der Waals surface area (Å²) in [5.41, 5.74) is -0.0596. The predicted octanol–water partition coefficient (Wildman–Crippen LogP) is 3.88. The maximum atomic E-state index is 10.9. The predicted molar refractivity (Wildman–Crippen MR) is 67.7 cm³/mol. The molecule has 4 nitrogen and oxygen atoms in total. The number of rotatable bonds is 3. The molecule has 0 bridgehead atoms. The van der Waals surface area contributed by atoms with E-state index in [9.17, 15) is 4.79 Å². The van der Waals surface area contributed by atoms with E-state index >= 15 is 0 Å². The molecule has 0 radical (unpaired) electrons. The number of aromatic carboxylic acids is 1. The van der Waals surface area contributed by atoms with Crippen LogP contribution in [-0.2, 0) is 0 Å². The third kappa shape index (κ3) is 2.72. The molecule has 0 aliphatic carbocycles. The molecule has 2 rings (SSSR count). The van der Waals surface area contributed by atoms with E-state index < -0.39 is 5.97 Å². The summed E-state index contributed by atoms with van der Waals surface area (Å²) >= 11 is 11.6. The van der Waals surface area contributed by atoms with Crippen molar-refractivity contribution in [2.24, 2.45) is 0 Å². The first-order chi connectivity index (χ1) is 8.58. The van der Waals surface area contributed by atoms with E-state index in [1.807, 2.05) is 0 Å². The maximum Gasteiger partial charge on any atom is 0.337 e. The minimum absolute atomic E-state index is 0.0406. The van der Waals surface area contributed by atoms with Gasteiger partial charge in [0.05, 0.1) is 5.56 Å². The lowest BCUT2D eigenvalue weighted by molar-refractivity contribution is 0.0696. The Labute approximate surface area is 113 Å². The van der Waals surface area contributed by atoms with Crippen molar-refractivity contribution in [3.05, 3.63) is 52.1 Å². The third-order valence-corrected chi connectivity index (χ3v) is 2.73. The summed E-state index contributed by atoms with van der Waals surface area (Å²) in [4.78, 5) is 14.8. The number of hydrogen-bond donors (Lipinski definition) is 1. The molecule has 1 N–H and O–H groups in total. The second-order valence-corrected chi connectivity index (χ2v) is 4.15. The van der Waals surface area contributed by atoms with Gasteiger partial charge in [-0.25, -0.2) is 9.78 Å². The van der Waals surface area contributed by atoms with E-state index in [4.69, 9.17) is 33.0 Å². The molecule has 92 valence electrons. The molecule has 0 spiro atoms. The fraction of sp³-hybridized carbons (Fsp3) is 0. The summed E-state index contributed by atoms with van der Waals surface area (Å²) in [6.45, 7) is 0. The van der Waals surface area contributed by atoms with E-state index in [0.717, 1.165) is 0 Å². The smallest absolute Gasteiger partial charge is 0.337 e. The lowest BCUT2D eigenvalue weighted by atomic mass is 10.2. The number of halogens is 2. The molecule has 18 heavy (non-hydrogen) atoms. The molecule has 0 saturated heterocycles. The first-order valence-corrected chi connectivity index (χ1v) is 5.65. The molecule has 2 aromatic rings. The second kappa shape index (κ2) is 5.25. The van der Waals surface area contributed by atoms with Crippen molar-refractivity contribution in [2.75, 3.05) is 0 Å². The van der Waals surface area contributed by atoms with Crippen LogP contribution in [0.2, 0.25) is 10.0 Å². The van der Waals surface area contributed by atoms with Gasteiger partial charge in [0.25, 0.3) is 0 Å². The van der Waals surface area contributed by atoms with Crippen LogP contribution >= 0.6 is 23.2 Å². The van der Waals surface area contributed by atoms with E-state index in [2.05, 4.69) is 4.98 Å². The van der Waals surface area contributed by atoms with Crippen LogP contribution in [0.5, 0.6) is 11.6 Å². The Balaban J connectivity index is 2.32. The number of carboxylic acid groups (broad SMARTS) is 1. The first-order valence-electron chi connectivity index (χ1n) is 4.89. The van der Waals surface area contributed by atoms with Crippen LogP contribution in [0.25, 0.3) is 0 Å². The van der Waals surface area contributed by atoms with Gasteiger partial charge in [-0.05, 0) is 30.3 Å². The normalized spacial score (nSPS) is 10.1. The van der Waals surface area contributed by atoms with Gasteiger partial charge in [-0.3, -0.25) is 0 Å². The highest BCUT2D eigenvalue weighted by Gasteiger charge is 2.14. The Morgan fingerprint density at radius 2 is 1.83 bits per heavy atom. The first kappa shape index (κ1) is 12.7. The Hall–Kier alpha value is -1.78. The number of aromatic nitrogens is 1. The molecule has 0 aliphatic heterocycles. The highest BCUT2D eigenvalue weighted by atomic mass is 35.5. The van der Waals surface area contributed by atoms with Crippen LogP contribution < -0.4 is 4.74 Å². The highest BCUT2D eigenvalue weighted by molar-refractivity contribution is 6.34. The number of carboxylic acids is 1. The van der Waals surface area contributed by atoms with Crippen molar-refractivity contribution >= 4 is 29.2 Å². The van der Waals surface area contributed by atoms with Crippen molar-refractivity contribution in [3.8, 4) is 11.6 Å². The minimum atomic E-state index is -1.14. The second-order valence-electron chi connectivity index (χ2n) is 3.34. The SMILES string of the molecule is O=C(O)c1ccnc(Oc2ccc(Cl)cc2)c1Cl. The van der Waals surface area contributed by atoms with Crippen molar-refractivity contribution in [2.45, 2.75) is 0 Å². The molecular formula is C12H7Cl2NO3. The number of carbonyl (C=O) groups is 1. The van der Waals surface area contributed by atoms with Crippen LogP contribution in [-0.4, -0.2) is 16.1 Å². The van der Waals surface area contributed by atoms with Crippen molar-refractivity contribution in [1.29, 1.82) is 0 Å². The summed E-state index contributed by atoms with van der Waals surface area (Å²) in [6.07, 6.45) is 1.32. The van der Waals surface area contributed by atoms with Gasteiger partial charge < -0.3 is 9.84 Å². The van der Waals surface area contributed by atoms with Crippen LogP contribution in [0.3, 0.4) is 0 Å². The molecule has 0 unspecified atom stereocenters. The quantitative estimate of drug-likeness (QED) is 0.929. The number of hydrogen-bond acceptors (Lipinski definition) is 3. The number of benzene rings is 1. The standard InChI is InChI=1S/C12H7Cl2NO3/c13-7-1-3-8(4-2-7)18-11-10(14)9(12(16)17)5-6-15-11/h1-6H,(H,16,17). The fourth-order valence-corrected chi connectivity index (χ4v) is 1.63. The lowest BCUT2D eigenvalue weighted by Crippen LogP contribution is -2.00. The Kier molecular flexibility index (Phi) is 3.69. The molecule has 0 fully saturated rings. The van der Waals surface area contributed by atoms with E-state index in [0.29, 0.717) is 10.8 Å². The molecule has 0 saturated carbocycles. The zero-order chi connectivity index (χ0) is 13.1. The van der Waals surface area contributed by atoms with Gasteiger partial charge in [-0.1, -0.05) is 23.2 Å². The Morgan fingerprint density at radius 3 is 2.44 bits per heavy atom. The summed E-state index contributed by atoms with van der Waals surface area (Å²) < 4.78 is 5.39. The largest absolute Gasteiger partial charge is 0.478 e. The highest BCUT2D eigenvalue weighted by Crippen LogP contribution is 2.30. The molecule has 1 aromatic carbocycles. The van der Waals surface area contributed by atoms with Gasteiger partial charge in [0, 0.05) is 11.2 Å². The Morgan fingerprint density at radius 1 is 1.17 bits per heavy atom. The molecule has 1 aromatic heterocycles. The van der Waals surface area contributed by atoms with Gasteiger partial charge >= 0.3 is 5.97 Å². The fourth-order valence-electron chi connectivity index (χ4n) is 1.28. The molecule has 1 heterocycles. The van der Waals surface area contributed by atoms with E-state index in [-0.39, 0.29) is 16.5 Å². The van der Waals surface area contributed by atoms with Crippen LogP contribution in [0.1, 0.15) is 10.4 Å². The van der Waals surface area contributed by atoms with Gasteiger partial charge in [0.15, 0.2) is 0 Å². The van der Waals surface area contributed by atoms with E-state index in [1.54, 1.807) is 24.3 Å². The molecule has 0 amide bonds. The summed E-state index contributed by atoms with van der Waals surface area (Å²) in [5.74, 6) is -0.626. The number of ether oxygens (including phenoxy) is 1. The average Bonchev–Trinajstić information content (AvgIpc) is 2.34. The van der Waals surface area contributed by atoms with Gasteiger partial charge in [-0.2, -0.15) is 0 Å². The molecule has 0 aliphatic rings. The summed E-state index contributed by atoms with van der Waals surface area (Å²) in [5, 5.41) is 9.44. The zero-order valence-corrected chi connectivity index (χ0v) is 10.4. The minimum Gasteiger partial charge on any atom is -0.478 e. The van der Waals surface area contributed by atoms with Crippen LogP contribution in [0.15, 0.2) is 36.5 Å². The van der Waals surface area contributed by atoms with Crippen LogP contribution in [0, 0.1) is 0 Å². The number of nitrogens with zero attached hydrogens (tertiary/aromatic N) is 1. The zero-order valence-electron chi connectivity index (χ0n) is 8.93. The van der Waals surface area contributed by atoms with Crippen molar-refractivity contribution in [1.82, 2.24) is 4.98 Å². The van der Waals surface area contributed by atoms with Gasteiger partial charge in [0.1, 0.15) is 10.8 Å². The Bertz CT molecular complexity index is 584. The monoisotopic (exact) mass is 283 g/mol. The average molecular weight is 284 g/mol. The van der Waals surface area contributed by atoms with Gasteiger partial charge in [0.2, 0.25) is 5.88 Å².